The minimum Gasteiger partial charge on any atom is -0.308 e. The first-order valence-electron chi connectivity index (χ1n) is 4.85. The first-order chi connectivity index (χ1) is 7.33. The number of nitrogens with one attached hydrogen (secondary N) is 1. The Kier molecular flexibility index (Phi) is 3.59. The highest BCUT2D eigenvalue weighted by Crippen LogP contribution is 2.13. The highest BCUT2D eigenvalue weighted by Gasteiger charge is 2.14. The fraction of sp³-hybridized carbons (Fsp3) is 0.364. The molecule has 0 spiro atoms. The maximum absolute atomic E-state index is 13.4. The summed E-state index contributed by atoms with van der Waals surface area (Å²) >= 11 is 0. The van der Waals surface area contributed by atoms with Crippen molar-refractivity contribution in [2.24, 2.45) is 10.8 Å². The zero-order valence-electron chi connectivity index (χ0n) is 9.51. The first-order valence-corrected chi connectivity index (χ1v) is 4.85. The summed E-state index contributed by atoms with van der Waals surface area (Å²) in [5, 5.41) is 0. The summed E-state index contributed by atoms with van der Waals surface area (Å²) < 4.78 is 26.4. The van der Waals surface area contributed by atoms with Gasteiger partial charge in [0.1, 0.15) is 17.5 Å². The predicted octanol–water partition coefficient (Wildman–Crippen LogP) is 1.97. The van der Waals surface area contributed by atoms with Crippen LogP contribution in [0.25, 0.3) is 0 Å². The fourth-order valence-electron chi connectivity index (χ4n) is 1.18. The Balaban J connectivity index is 3.24. The molecule has 0 fully saturated rings. The third-order valence-corrected chi connectivity index (χ3v) is 1.77. The molecule has 0 radical (unpaired) electrons. The van der Waals surface area contributed by atoms with Gasteiger partial charge in [0, 0.05) is 0 Å². The van der Waals surface area contributed by atoms with E-state index < -0.39 is 17.2 Å². The lowest BCUT2D eigenvalue weighted by molar-refractivity contribution is 0.574. The molecule has 0 aliphatic carbocycles. The van der Waals surface area contributed by atoms with Gasteiger partial charge in [-0.1, -0.05) is 0 Å². The Labute approximate surface area is 93.3 Å². The molecule has 3 nitrogen and oxygen atoms in total. The first kappa shape index (κ1) is 12.6. The SMILES string of the molecule is CC(C)(C)N=C(NN)c1cc(F)ccc1F. The molecule has 0 bridgehead atoms. The molecule has 5 heteroatoms. The molecule has 0 aliphatic heterocycles. The molecule has 1 rings (SSSR count). The molecule has 0 saturated carbocycles. The molecule has 1 aromatic carbocycles. The summed E-state index contributed by atoms with van der Waals surface area (Å²) in [5.41, 5.74) is 1.88. The zero-order chi connectivity index (χ0) is 12.3. The minimum absolute atomic E-state index is 0.0254. The standard InChI is InChI=1S/C11H15F2N3/c1-11(2,3)15-10(16-14)8-6-7(12)4-5-9(8)13/h4-6H,14H2,1-3H3,(H,15,16). The second-order valence-corrected chi connectivity index (χ2v) is 4.40. The predicted molar refractivity (Wildman–Crippen MR) is 60.0 cm³/mol. The van der Waals surface area contributed by atoms with Gasteiger partial charge in [-0.15, -0.1) is 0 Å². The number of aliphatic imine (C=N–C) groups is 1. The number of amidine groups is 1. The van der Waals surface area contributed by atoms with Crippen molar-refractivity contribution in [3.05, 3.63) is 35.4 Å². The maximum atomic E-state index is 13.4. The van der Waals surface area contributed by atoms with Gasteiger partial charge in [0.25, 0.3) is 0 Å². The number of hydrogen-bond donors (Lipinski definition) is 2. The molecule has 0 saturated heterocycles. The lowest BCUT2D eigenvalue weighted by Gasteiger charge is -2.16. The van der Waals surface area contributed by atoms with Crippen LogP contribution in [-0.4, -0.2) is 11.4 Å². The van der Waals surface area contributed by atoms with Crippen molar-refractivity contribution in [2.45, 2.75) is 26.3 Å². The van der Waals surface area contributed by atoms with E-state index >= 15 is 0 Å². The summed E-state index contributed by atoms with van der Waals surface area (Å²) in [5.74, 6) is 4.29. The third kappa shape index (κ3) is 3.27. The quantitative estimate of drug-likeness (QED) is 0.333. The van der Waals surface area contributed by atoms with Crippen molar-refractivity contribution >= 4 is 5.84 Å². The maximum Gasteiger partial charge on any atom is 0.146 e. The monoisotopic (exact) mass is 227 g/mol. The van der Waals surface area contributed by atoms with Crippen molar-refractivity contribution in [2.75, 3.05) is 0 Å². The molecular formula is C11H15F2N3. The number of halogens is 2. The van der Waals surface area contributed by atoms with E-state index in [1.165, 1.54) is 0 Å². The molecule has 0 aromatic heterocycles. The Morgan fingerprint density at radius 3 is 2.44 bits per heavy atom. The van der Waals surface area contributed by atoms with Gasteiger partial charge in [-0.3, -0.25) is 4.99 Å². The largest absolute Gasteiger partial charge is 0.308 e. The molecule has 0 unspecified atom stereocenters. The average Bonchev–Trinajstić information content (AvgIpc) is 2.17. The molecule has 88 valence electrons. The second-order valence-electron chi connectivity index (χ2n) is 4.40. The molecule has 0 heterocycles. The van der Waals surface area contributed by atoms with Gasteiger partial charge >= 0.3 is 0 Å². The summed E-state index contributed by atoms with van der Waals surface area (Å²) in [6, 6.07) is 3.14. The van der Waals surface area contributed by atoms with Crippen molar-refractivity contribution in [3.8, 4) is 0 Å². The minimum atomic E-state index is -0.567. The van der Waals surface area contributed by atoms with Gasteiger partial charge in [0.2, 0.25) is 0 Å². The number of hydrogen-bond acceptors (Lipinski definition) is 2. The van der Waals surface area contributed by atoms with Crippen LogP contribution in [0.1, 0.15) is 26.3 Å². The van der Waals surface area contributed by atoms with Crippen LogP contribution in [0, 0.1) is 11.6 Å². The summed E-state index contributed by atoms with van der Waals surface area (Å²) in [6.45, 7) is 5.50. The van der Waals surface area contributed by atoms with Gasteiger partial charge in [-0.2, -0.15) is 0 Å². The van der Waals surface area contributed by atoms with Crippen molar-refractivity contribution in [3.63, 3.8) is 0 Å². The van der Waals surface area contributed by atoms with E-state index in [-0.39, 0.29) is 11.4 Å². The van der Waals surface area contributed by atoms with Crippen molar-refractivity contribution in [1.29, 1.82) is 0 Å². The topological polar surface area (TPSA) is 50.4 Å². The van der Waals surface area contributed by atoms with E-state index in [9.17, 15) is 8.78 Å². The molecule has 0 amide bonds. The van der Waals surface area contributed by atoms with Crippen LogP contribution in [0.3, 0.4) is 0 Å². The van der Waals surface area contributed by atoms with Gasteiger partial charge < -0.3 is 5.43 Å². The Hall–Kier alpha value is -1.49. The number of benzene rings is 1. The lowest BCUT2D eigenvalue weighted by Crippen LogP contribution is -2.34. The van der Waals surface area contributed by atoms with Crippen LogP contribution in [0.5, 0.6) is 0 Å². The number of nitrogens with two attached hydrogens (primary N) is 1. The van der Waals surface area contributed by atoms with Crippen LogP contribution in [0.15, 0.2) is 23.2 Å². The second kappa shape index (κ2) is 4.57. The smallest absolute Gasteiger partial charge is 0.146 e. The van der Waals surface area contributed by atoms with E-state index in [1.807, 2.05) is 20.8 Å². The molecule has 16 heavy (non-hydrogen) atoms. The Morgan fingerprint density at radius 2 is 1.94 bits per heavy atom. The molecular weight excluding hydrogens is 212 g/mol. The van der Waals surface area contributed by atoms with Crippen LogP contribution in [-0.2, 0) is 0 Å². The van der Waals surface area contributed by atoms with Crippen molar-refractivity contribution < 1.29 is 8.78 Å². The van der Waals surface area contributed by atoms with E-state index in [1.54, 1.807) is 0 Å². The fourth-order valence-corrected chi connectivity index (χ4v) is 1.18. The molecule has 0 atom stereocenters. The third-order valence-electron chi connectivity index (χ3n) is 1.77. The number of rotatable bonds is 1. The van der Waals surface area contributed by atoms with Gasteiger partial charge in [0.05, 0.1) is 11.1 Å². The van der Waals surface area contributed by atoms with Crippen LogP contribution in [0.2, 0.25) is 0 Å². The zero-order valence-corrected chi connectivity index (χ0v) is 9.51. The van der Waals surface area contributed by atoms with Crippen LogP contribution >= 0.6 is 0 Å². The summed E-state index contributed by atoms with van der Waals surface area (Å²) in [6.07, 6.45) is 0. The molecule has 3 N–H and O–H groups in total. The van der Waals surface area contributed by atoms with Gasteiger partial charge in [-0.25, -0.2) is 14.6 Å². The Bertz CT molecular complexity index is 408. The highest BCUT2D eigenvalue weighted by molar-refractivity contribution is 5.98. The molecule has 1 aromatic rings. The van der Waals surface area contributed by atoms with Crippen LogP contribution in [0.4, 0.5) is 8.78 Å². The lowest BCUT2D eigenvalue weighted by atomic mass is 10.1. The average molecular weight is 227 g/mol. The van der Waals surface area contributed by atoms with Gasteiger partial charge in [-0.05, 0) is 39.0 Å². The summed E-state index contributed by atoms with van der Waals surface area (Å²) in [4.78, 5) is 4.17. The normalized spacial score (nSPS) is 12.8. The molecule has 0 aliphatic rings. The van der Waals surface area contributed by atoms with E-state index in [2.05, 4.69) is 10.4 Å². The highest BCUT2D eigenvalue weighted by atomic mass is 19.1. The number of nitrogens with zero attached hydrogens (tertiary/aromatic N) is 1. The Morgan fingerprint density at radius 1 is 1.31 bits per heavy atom. The van der Waals surface area contributed by atoms with E-state index in [4.69, 9.17) is 5.84 Å². The van der Waals surface area contributed by atoms with Crippen LogP contribution < -0.4 is 11.3 Å². The van der Waals surface area contributed by atoms with Crippen molar-refractivity contribution in [1.82, 2.24) is 5.43 Å². The summed E-state index contributed by atoms with van der Waals surface area (Å²) in [7, 11) is 0. The number of hydrazine groups is 1. The van der Waals surface area contributed by atoms with E-state index in [0.29, 0.717) is 0 Å². The van der Waals surface area contributed by atoms with E-state index in [0.717, 1.165) is 18.2 Å². The van der Waals surface area contributed by atoms with Gasteiger partial charge in [0.15, 0.2) is 0 Å².